The van der Waals surface area contributed by atoms with E-state index in [-0.39, 0.29) is 29.7 Å². The van der Waals surface area contributed by atoms with Gasteiger partial charge in [0.2, 0.25) is 0 Å². The van der Waals surface area contributed by atoms with E-state index >= 15 is 0 Å². The van der Waals surface area contributed by atoms with Crippen molar-refractivity contribution >= 4 is 39.8 Å². The fourth-order valence-electron chi connectivity index (χ4n) is 1.70. The Bertz CT molecular complexity index is 510. The molecule has 0 heterocycles. The Morgan fingerprint density at radius 1 is 1.10 bits per heavy atom. The molecule has 1 aromatic rings. The van der Waals surface area contributed by atoms with E-state index < -0.39 is 9.84 Å². The summed E-state index contributed by atoms with van der Waals surface area (Å²) < 4.78 is 24.1. The predicted octanol–water partition coefficient (Wildman–Crippen LogP) is 2.04. The predicted molar refractivity (Wildman–Crippen MR) is 98.2 cm³/mol. The normalized spacial score (nSPS) is 10.4. The Labute approximate surface area is 144 Å². The number of hydrogen-bond donors (Lipinski definition) is 2. The average Bonchev–Trinajstić information content (AvgIpc) is 2.45. The van der Waals surface area contributed by atoms with Crippen molar-refractivity contribution in [3.05, 3.63) is 30.3 Å². The van der Waals surface area contributed by atoms with Gasteiger partial charge in [-0.1, -0.05) is 18.2 Å². The third-order valence-electron chi connectivity index (χ3n) is 2.63. The van der Waals surface area contributed by atoms with Crippen LogP contribution in [0.5, 0.6) is 0 Å². The fourth-order valence-corrected chi connectivity index (χ4v) is 3.02. The lowest BCUT2D eigenvalue weighted by Crippen LogP contribution is -2.37. The van der Waals surface area contributed by atoms with Crippen LogP contribution in [0, 0.1) is 0 Å². The van der Waals surface area contributed by atoms with E-state index in [0.29, 0.717) is 17.9 Å². The zero-order chi connectivity index (χ0) is 14.8. The van der Waals surface area contributed by atoms with Gasteiger partial charge in [-0.2, -0.15) is 0 Å². The first-order chi connectivity index (χ1) is 9.60. The summed E-state index contributed by atoms with van der Waals surface area (Å²) in [5.41, 5.74) is 0. The molecule has 0 aliphatic rings. The molecular formula is C14H24IN3O2S. The van der Waals surface area contributed by atoms with Crippen LogP contribution in [0.25, 0.3) is 0 Å². The number of nitrogens with one attached hydrogen (secondary N) is 2. The summed E-state index contributed by atoms with van der Waals surface area (Å²) in [6, 6.07) is 8.53. The molecule has 0 bridgehead atoms. The van der Waals surface area contributed by atoms with Crippen molar-refractivity contribution in [3.8, 4) is 0 Å². The van der Waals surface area contributed by atoms with Gasteiger partial charge in [-0.05, 0) is 32.4 Å². The molecule has 0 unspecified atom stereocenters. The van der Waals surface area contributed by atoms with Crippen LogP contribution in [0.4, 0.5) is 0 Å². The largest absolute Gasteiger partial charge is 0.357 e. The molecule has 0 fully saturated rings. The van der Waals surface area contributed by atoms with E-state index in [4.69, 9.17) is 0 Å². The highest BCUT2D eigenvalue weighted by Gasteiger charge is 2.12. The van der Waals surface area contributed by atoms with Crippen molar-refractivity contribution in [3.63, 3.8) is 0 Å². The number of aliphatic imine (C=N–C) groups is 1. The van der Waals surface area contributed by atoms with Crippen molar-refractivity contribution < 1.29 is 8.42 Å². The quantitative estimate of drug-likeness (QED) is 0.304. The number of sulfone groups is 1. The second-order valence-electron chi connectivity index (χ2n) is 4.28. The van der Waals surface area contributed by atoms with Crippen molar-refractivity contribution in [2.24, 2.45) is 4.99 Å². The number of rotatable bonds is 7. The summed E-state index contributed by atoms with van der Waals surface area (Å²) in [5.74, 6) is 0.846. The topological polar surface area (TPSA) is 70.6 Å². The van der Waals surface area contributed by atoms with E-state index in [0.717, 1.165) is 19.0 Å². The Balaban J connectivity index is 0.00000400. The van der Waals surface area contributed by atoms with Crippen LogP contribution in [-0.4, -0.2) is 39.8 Å². The van der Waals surface area contributed by atoms with Crippen molar-refractivity contribution in [2.75, 3.05) is 25.4 Å². The van der Waals surface area contributed by atoms with Crippen LogP contribution in [0.3, 0.4) is 0 Å². The summed E-state index contributed by atoms with van der Waals surface area (Å²) in [6.07, 6.45) is 0.511. The monoisotopic (exact) mass is 425 g/mol. The SMILES string of the molecule is CCNC(=NCCCS(=O)(=O)c1ccccc1)NCC.I. The molecule has 0 saturated carbocycles. The molecule has 0 amide bonds. The Kier molecular flexibility index (Phi) is 10.4. The summed E-state index contributed by atoms with van der Waals surface area (Å²) in [6.45, 7) is 6.04. The lowest BCUT2D eigenvalue weighted by Gasteiger charge is -2.09. The van der Waals surface area contributed by atoms with Gasteiger partial charge in [0.05, 0.1) is 10.6 Å². The maximum absolute atomic E-state index is 12.0. The summed E-state index contributed by atoms with van der Waals surface area (Å²) in [5, 5.41) is 6.20. The van der Waals surface area contributed by atoms with Gasteiger partial charge in [-0.25, -0.2) is 8.42 Å². The number of guanidine groups is 1. The minimum absolute atomic E-state index is 0. The number of halogens is 1. The third-order valence-corrected chi connectivity index (χ3v) is 4.45. The van der Waals surface area contributed by atoms with Crippen molar-refractivity contribution in [1.82, 2.24) is 10.6 Å². The van der Waals surface area contributed by atoms with Crippen LogP contribution in [-0.2, 0) is 9.84 Å². The Morgan fingerprint density at radius 3 is 2.19 bits per heavy atom. The minimum atomic E-state index is -3.19. The molecule has 2 N–H and O–H groups in total. The van der Waals surface area contributed by atoms with Gasteiger partial charge < -0.3 is 10.6 Å². The van der Waals surface area contributed by atoms with E-state index in [1.165, 1.54) is 0 Å². The van der Waals surface area contributed by atoms with Crippen LogP contribution < -0.4 is 10.6 Å². The van der Waals surface area contributed by atoms with Gasteiger partial charge >= 0.3 is 0 Å². The number of nitrogens with zero attached hydrogens (tertiary/aromatic N) is 1. The molecule has 0 aliphatic heterocycles. The van der Waals surface area contributed by atoms with Gasteiger partial charge in [0, 0.05) is 19.6 Å². The molecule has 21 heavy (non-hydrogen) atoms. The first-order valence-corrected chi connectivity index (χ1v) is 8.55. The zero-order valence-electron chi connectivity index (χ0n) is 12.5. The van der Waals surface area contributed by atoms with E-state index in [1.54, 1.807) is 24.3 Å². The molecule has 0 saturated heterocycles. The molecule has 1 aromatic carbocycles. The molecular weight excluding hydrogens is 401 g/mol. The van der Waals surface area contributed by atoms with Gasteiger partial charge in [0.25, 0.3) is 0 Å². The van der Waals surface area contributed by atoms with Crippen molar-refractivity contribution in [1.29, 1.82) is 0 Å². The average molecular weight is 425 g/mol. The maximum atomic E-state index is 12.0. The molecule has 120 valence electrons. The molecule has 0 radical (unpaired) electrons. The molecule has 0 spiro atoms. The molecule has 5 nitrogen and oxygen atoms in total. The maximum Gasteiger partial charge on any atom is 0.191 e. The van der Waals surface area contributed by atoms with Crippen LogP contribution in [0.1, 0.15) is 20.3 Å². The Morgan fingerprint density at radius 2 is 1.67 bits per heavy atom. The van der Waals surface area contributed by atoms with Gasteiger partial charge in [0.15, 0.2) is 15.8 Å². The van der Waals surface area contributed by atoms with Crippen LogP contribution in [0.15, 0.2) is 40.2 Å². The first kappa shape index (κ1) is 20.2. The summed E-state index contributed by atoms with van der Waals surface area (Å²) in [7, 11) is -3.19. The van der Waals surface area contributed by atoms with Gasteiger partial charge in [-0.15, -0.1) is 24.0 Å². The number of benzene rings is 1. The Hall–Kier alpha value is -0.830. The minimum Gasteiger partial charge on any atom is -0.357 e. The molecule has 1 rings (SSSR count). The summed E-state index contributed by atoms with van der Waals surface area (Å²) >= 11 is 0. The highest BCUT2D eigenvalue weighted by atomic mass is 127. The molecule has 0 aliphatic carbocycles. The van der Waals surface area contributed by atoms with Crippen LogP contribution >= 0.6 is 24.0 Å². The molecule has 0 atom stereocenters. The molecule has 7 heteroatoms. The standard InChI is InChI=1S/C14H23N3O2S.HI/c1-3-15-14(16-4-2)17-11-8-12-20(18,19)13-9-6-5-7-10-13;/h5-7,9-10H,3-4,8,11-12H2,1-2H3,(H2,15,16,17);1H. The van der Waals surface area contributed by atoms with Crippen molar-refractivity contribution in [2.45, 2.75) is 25.2 Å². The highest BCUT2D eigenvalue weighted by molar-refractivity contribution is 14.0. The highest BCUT2D eigenvalue weighted by Crippen LogP contribution is 2.10. The fraction of sp³-hybridized carbons (Fsp3) is 0.500. The summed E-state index contributed by atoms with van der Waals surface area (Å²) in [4.78, 5) is 4.71. The second-order valence-corrected chi connectivity index (χ2v) is 6.39. The molecule has 0 aromatic heterocycles. The first-order valence-electron chi connectivity index (χ1n) is 6.90. The van der Waals surface area contributed by atoms with E-state index in [1.807, 2.05) is 19.9 Å². The van der Waals surface area contributed by atoms with E-state index in [2.05, 4.69) is 15.6 Å². The van der Waals surface area contributed by atoms with Gasteiger partial charge in [0.1, 0.15) is 0 Å². The van der Waals surface area contributed by atoms with E-state index in [9.17, 15) is 8.42 Å². The lowest BCUT2D eigenvalue weighted by atomic mass is 10.4. The third kappa shape index (κ3) is 7.66. The van der Waals surface area contributed by atoms with Crippen LogP contribution in [0.2, 0.25) is 0 Å². The lowest BCUT2D eigenvalue weighted by molar-refractivity contribution is 0.593. The zero-order valence-corrected chi connectivity index (χ0v) is 15.6. The smallest absolute Gasteiger partial charge is 0.191 e. The number of hydrogen-bond acceptors (Lipinski definition) is 3. The van der Waals surface area contributed by atoms with Gasteiger partial charge in [-0.3, -0.25) is 4.99 Å². The second kappa shape index (κ2) is 10.8.